The average Bonchev–Trinajstić information content (AvgIpc) is 2.95. The molecule has 0 saturated carbocycles. The first-order chi connectivity index (χ1) is 11.3. The maximum absolute atomic E-state index is 12.1. The predicted octanol–water partition coefficient (Wildman–Crippen LogP) is -0.602. The van der Waals surface area contributed by atoms with Gasteiger partial charge >= 0.3 is 12.5 Å². The largest absolute Gasteiger partial charge is 1.00 e. The molecule has 2 rings (SSSR count). The number of benzene rings is 1. The first kappa shape index (κ1) is 21.6. The second-order valence-corrected chi connectivity index (χ2v) is 9.15. The van der Waals surface area contributed by atoms with Crippen LogP contribution in [0.4, 0.5) is 0 Å². The van der Waals surface area contributed by atoms with Gasteiger partial charge in [0, 0.05) is 11.8 Å². The third kappa shape index (κ3) is 6.12. The van der Waals surface area contributed by atoms with Gasteiger partial charge in [0.15, 0.2) is 0 Å². The van der Waals surface area contributed by atoms with E-state index in [1.165, 1.54) is 0 Å². The SMILES string of the molecule is CC(C)OC(=O)[C@H](C)N[P@@](=S)(Oc1ccccc1)n1cc[n+](C)c1.[Cl-]. The summed E-state index contributed by atoms with van der Waals surface area (Å²) in [6.45, 7) is 2.60. The van der Waals surface area contributed by atoms with Crippen LogP contribution in [-0.4, -0.2) is 22.5 Å². The first-order valence-corrected chi connectivity index (χ1v) is 10.3. The van der Waals surface area contributed by atoms with Crippen LogP contribution in [0.5, 0.6) is 5.75 Å². The predicted molar refractivity (Wildman–Crippen MR) is 96.2 cm³/mol. The van der Waals surface area contributed by atoms with Gasteiger partial charge < -0.3 is 21.7 Å². The Bertz CT molecular complexity index is 739. The summed E-state index contributed by atoms with van der Waals surface area (Å²) in [6, 6.07) is 8.74. The van der Waals surface area contributed by atoms with E-state index in [9.17, 15) is 4.79 Å². The summed E-state index contributed by atoms with van der Waals surface area (Å²) in [7, 11) is 1.90. The summed E-state index contributed by atoms with van der Waals surface area (Å²) in [4.78, 5) is 12.1. The van der Waals surface area contributed by atoms with Crippen molar-refractivity contribution in [1.29, 1.82) is 0 Å². The van der Waals surface area contributed by atoms with Crippen LogP contribution < -0.4 is 26.6 Å². The zero-order valence-electron chi connectivity index (χ0n) is 14.6. The summed E-state index contributed by atoms with van der Waals surface area (Å²) >= 11 is 5.79. The van der Waals surface area contributed by atoms with Crippen LogP contribution >= 0.6 is 6.57 Å². The zero-order valence-corrected chi connectivity index (χ0v) is 17.1. The van der Waals surface area contributed by atoms with Gasteiger partial charge in [0.05, 0.1) is 13.2 Å². The molecule has 1 aromatic carbocycles. The Morgan fingerprint density at radius 1 is 1.28 bits per heavy atom. The van der Waals surface area contributed by atoms with Crippen molar-refractivity contribution in [3.05, 3.63) is 49.1 Å². The second-order valence-electron chi connectivity index (χ2n) is 5.72. The highest BCUT2D eigenvalue weighted by Crippen LogP contribution is 2.45. The van der Waals surface area contributed by atoms with Gasteiger partial charge in [-0.05, 0) is 32.9 Å². The Morgan fingerprint density at radius 3 is 2.44 bits per heavy atom. The number of esters is 1. The lowest BCUT2D eigenvalue weighted by molar-refractivity contribution is -0.670. The molecule has 2 atom stereocenters. The molecule has 0 aliphatic rings. The fourth-order valence-corrected chi connectivity index (χ4v) is 4.83. The quantitative estimate of drug-likeness (QED) is 0.380. The maximum Gasteiger partial charge on any atom is 0.367 e. The molecule has 0 bridgehead atoms. The number of aromatic nitrogens is 2. The first-order valence-electron chi connectivity index (χ1n) is 7.67. The highest BCUT2D eigenvalue weighted by molar-refractivity contribution is 8.10. The van der Waals surface area contributed by atoms with Crippen molar-refractivity contribution in [3.63, 3.8) is 0 Å². The molecule has 1 aromatic heterocycles. The summed E-state index contributed by atoms with van der Waals surface area (Å²) in [5.41, 5.74) is 0. The number of para-hydroxylation sites is 1. The molecular formula is C16H23ClN3O3PS. The van der Waals surface area contributed by atoms with Crippen LogP contribution in [0.2, 0.25) is 0 Å². The highest BCUT2D eigenvalue weighted by atomic mass is 35.5. The highest BCUT2D eigenvalue weighted by Gasteiger charge is 2.33. The normalized spacial score (nSPS) is 14.3. The van der Waals surface area contributed by atoms with Gasteiger partial charge in [0.25, 0.3) is 0 Å². The number of halogens is 1. The van der Waals surface area contributed by atoms with Crippen molar-refractivity contribution in [2.24, 2.45) is 7.05 Å². The molecular weight excluding hydrogens is 381 g/mol. The molecule has 0 aliphatic carbocycles. The summed E-state index contributed by atoms with van der Waals surface area (Å²) in [5, 5.41) is 3.16. The molecule has 25 heavy (non-hydrogen) atoms. The van der Waals surface area contributed by atoms with E-state index in [-0.39, 0.29) is 24.5 Å². The molecule has 0 amide bonds. The number of hydrogen-bond donors (Lipinski definition) is 1. The van der Waals surface area contributed by atoms with E-state index in [0.29, 0.717) is 5.75 Å². The van der Waals surface area contributed by atoms with Gasteiger partial charge in [-0.1, -0.05) is 18.2 Å². The van der Waals surface area contributed by atoms with Gasteiger partial charge in [0.2, 0.25) is 6.33 Å². The van der Waals surface area contributed by atoms with E-state index >= 15 is 0 Å². The molecule has 138 valence electrons. The van der Waals surface area contributed by atoms with E-state index < -0.39 is 12.6 Å². The third-order valence-electron chi connectivity index (χ3n) is 3.09. The molecule has 1 heterocycles. The lowest BCUT2D eigenvalue weighted by Crippen LogP contribution is -3.00. The molecule has 1 N–H and O–H groups in total. The molecule has 2 aromatic rings. The van der Waals surface area contributed by atoms with Crippen LogP contribution in [0.25, 0.3) is 0 Å². The van der Waals surface area contributed by atoms with Gasteiger partial charge in [-0.15, -0.1) is 0 Å². The van der Waals surface area contributed by atoms with Gasteiger partial charge in [-0.3, -0.25) is 4.79 Å². The van der Waals surface area contributed by atoms with Crippen molar-refractivity contribution < 1.29 is 31.0 Å². The van der Waals surface area contributed by atoms with Crippen molar-refractivity contribution in [2.45, 2.75) is 32.9 Å². The lowest BCUT2D eigenvalue weighted by atomic mass is 10.3. The number of nitrogens with zero attached hydrogens (tertiary/aromatic N) is 2. The van der Waals surface area contributed by atoms with Crippen molar-refractivity contribution in [2.75, 3.05) is 0 Å². The number of nitrogens with one attached hydrogen (secondary N) is 1. The Kier molecular flexibility index (Phi) is 8.09. The van der Waals surface area contributed by atoms with E-state index in [1.54, 1.807) is 11.3 Å². The van der Waals surface area contributed by atoms with Crippen molar-refractivity contribution in [1.82, 2.24) is 9.42 Å². The molecule has 0 spiro atoms. The molecule has 0 unspecified atom stereocenters. The Labute approximate surface area is 159 Å². The summed E-state index contributed by atoms with van der Waals surface area (Å²) < 4.78 is 15.0. The summed E-state index contributed by atoms with van der Waals surface area (Å²) in [6.07, 6.45) is 5.35. The second kappa shape index (κ2) is 9.34. The monoisotopic (exact) mass is 403 g/mol. The van der Waals surface area contributed by atoms with Crippen LogP contribution in [0.15, 0.2) is 49.1 Å². The van der Waals surface area contributed by atoms with Gasteiger partial charge in [-0.2, -0.15) is 4.34 Å². The molecule has 6 nitrogen and oxygen atoms in total. The average molecular weight is 404 g/mol. The van der Waals surface area contributed by atoms with Crippen LogP contribution in [-0.2, 0) is 28.4 Å². The standard InChI is InChI=1S/C16H23N3O3PS.ClH/c1-13(2)21-16(20)14(3)17-23(24,19-11-10-18(4)12-19)22-15-8-6-5-7-9-15;/h5-14H,1-4H3,(H,17,24);1H/q+1;/p-1/t14-,23-;/m0./s1. The topological polar surface area (TPSA) is 56.4 Å². The Morgan fingerprint density at radius 2 is 1.92 bits per heavy atom. The number of hydrogen-bond acceptors (Lipinski definition) is 4. The molecule has 0 saturated heterocycles. The maximum atomic E-state index is 12.1. The molecule has 0 aliphatic heterocycles. The minimum absolute atomic E-state index is 0. The van der Waals surface area contributed by atoms with Crippen LogP contribution in [0, 0.1) is 0 Å². The lowest BCUT2D eigenvalue weighted by Gasteiger charge is -2.23. The number of carbonyl (C=O) groups excluding carboxylic acids is 1. The fraction of sp³-hybridized carbons (Fsp3) is 0.375. The summed E-state index contributed by atoms with van der Waals surface area (Å²) in [5.74, 6) is 0.293. The number of imidazole rings is 1. The molecule has 0 fully saturated rings. The van der Waals surface area contributed by atoms with Crippen LogP contribution in [0.1, 0.15) is 20.8 Å². The number of ether oxygens (including phenoxy) is 1. The minimum Gasteiger partial charge on any atom is -1.00 e. The Hall–Kier alpha value is -1.40. The van der Waals surface area contributed by atoms with Crippen molar-refractivity contribution in [3.8, 4) is 5.75 Å². The van der Waals surface area contributed by atoms with Gasteiger partial charge in [-0.25, -0.2) is 9.65 Å². The number of aryl methyl sites for hydroxylation is 1. The van der Waals surface area contributed by atoms with E-state index in [2.05, 4.69) is 5.09 Å². The Balaban J connectivity index is 0.00000312. The molecule has 0 radical (unpaired) electrons. The van der Waals surface area contributed by atoms with E-state index in [1.807, 2.05) is 74.5 Å². The zero-order chi connectivity index (χ0) is 17.7. The fourth-order valence-electron chi connectivity index (χ4n) is 1.99. The van der Waals surface area contributed by atoms with E-state index in [0.717, 1.165) is 0 Å². The van der Waals surface area contributed by atoms with Gasteiger partial charge in [0.1, 0.15) is 24.2 Å². The number of carbonyl (C=O) groups is 1. The van der Waals surface area contributed by atoms with E-state index in [4.69, 9.17) is 21.1 Å². The third-order valence-corrected chi connectivity index (χ3v) is 6.22. The smallest absolute Gasteiger partial charge is 0.367 e. The minimum atomic E-state index is -2.75. The number of rotatable bonds is 7. The van der Waals surface area contributed by atoms with Crippen molar-refractivity contribution >= 4 is 24.3 Å². The van der Waals surface area contributed by atoms with Crippen LogP contribution in [0.3, 0.4) is 0 Å². The molecule has 9 heteroatoms.